The Labute approximate surface area is 117 Å². The fourth-order valence-corrected chi connectivity index (χ4v) is 4.44. The molecule has 0 radical (unpaired) electrons. The van der Waals surface area contributed by atoms with Crippen molar-refractivity contribution >= 4 is 11.8 Å². The van der Waals surface area contributed by atoms with Crippen LogP contribution in [0.3, 0.4) is 0 Å². The Hall–Kier alpha value is 0.270. The van der Waals surface area contributed by atoms with Crippen LogP contribution in [0.5, 0.6) is 0 Å². The third-order valence-corrected chi connectivity index (χ3v) is 5.42. The van der Waals surface area contributed by atoms with Gasteiger partial charge in [0.15, 0.2) is 0 Å². The van der Waals surface area contributed by atoms with Crippen molar-refractivity contribution in [3.05, 3.63) is 0 Å². The first-order valence-corrected chi connectivity index (χ1v) is 8.85. The van der Waals surface area contributed by atoms with Crippen molar-refractivity contribution < 1.29 is 0 Å². The Bertz CT molecular complexity index is 239. The molecular formula is C15H30N2S. The quantitative estimate of drug-likeness (QED) is 0.846. The van der Waals surface area contributed by atoms with E-state index in [2.05, 4.69) is 42.7 Å². The summed E-state index contributed by atoms with van der Waals surface area (Å²) in [5.74, 6) is 4.55. The van der Waals surface area contributed by atoms with E-state index in [4.69, 9.17) is 0 Å². The molecule has 18 heavy (non-hydrogen) atoms. The minimum atomic E-state index is 0.721. The van der Waals surface area contributed by atoms with Crippen LogP contribution < -0.4 is 5.32 Å². The summed E-state index contributed by atoms with van der Waals surface area (Å²) < 4.78 is 0. The van der Waals surface area contributed by atoms with Crippen LogP contribution in [0.1, 0.15) is 40.0 Å². The molecule has 0 aliphatic carbocycles. The van der Waals surface area contributed by atoms with E-state index >= 15 is 0 Å². The van der Waals surface area contributed by atoms with Crippen molar-refractivity contribution in [3.63, 3.8) is 0 Å². The minimum Gasteiger partial charge on any atom is -0.311 e. The number of hydrogen-bond acceptors (Lipinski definition) is 3. The third kappa shape index (κ3) is 4.43. The van der Waals surface area contributed by atoms with Crippen molar-refractivity contribution in [1.82, 2.24) is 10.2 Å². The maximum Gasteiger partial charge on any atom is 0.0198 e. The highest BCUT2D eigenvalue weighted by Crippen LogP contribution is 2.25. The van der Waals surface area contributed by atoms with Gasteiger partial charge in [-0.05, 0) is 49.5 Å². The molecular weight excluding hydrogens is 240 g/mol. The van der Waals surface area contributed by atoms with E-state index in [1.807, 2.05) is 0 Å². The second kappa shape index (κ2) is 7.16. The standard InChI is InChI=1S/C15H30N2S/c1-12(2)8-15-11-17(13(3)9-16-15)10-14-4-6-18-7-5-14/h12-16H,4-11H2,1-3H3. The Morgan fingerprint density at radius 2 is 2.00 bits per heavy atom. The molecule has 2 heterocycles. The van der Waals surface area contributed by atoms with Gasteiger partial charge in [-0.2, -0.15) is 11.8 Å². The zero-order chi connectivity index (χ0) is 13.0. The lowest BCUT2D eigenvalue weighted by molar-refractivity contribution is 0.110. The van der Waals surface area contributed by atoms with Crippen LogP contribution in [0.25, 0.3) is 0 Å². The SMILES string of the molecule is CC(C)CC1CN(CC2CCSCC2)C(C)CN1. The molecule has 2 unspecified atom stereocenters. The summed E-state index contributed by atoms with van der Waals surface area (Å²) in [5.41, 5.74) is 0. The average molecular weight is 270 g/mol. The van der Waals surface area contributed by atoms with Crippen molar-refractivity contribution in [1.29, 1.82) is 0 Å². The van der Waals surface area contributed by atoms with Gasteiger partial charge < -0.3 is 5.32 Å². The second-order valence-electron chi connectivity index (χ2n) is 6.59. The van der Waals surface area contributed by atoms with Gasteiger partial charge in [-0.15, -0.1) is 0 Å². The van der Waals surface area contributed by atoms with Crippen molar-refractivity contribution in [3.8, 4) is 0 Å². The van der Waals surface area contributed by atoms with E-state index in [1.165, 1.54) is 50.4 Å². The zero-order valence-electron chi connectivity index (χ0n) is 12.3. The molecule has 106 valence electrons. The van der Waals surface area contributed by atoms with Gasteiger partial charge in [-0.3, -0.25) is 4.90 Å². The molecule has 0 aromatic carbocycles. The van der Waals surface area contributed by atoms with E-state index in [-0.39, 0.29) is 0 Å². The van der Waals surface area contributed by atoms with Gasteiger partial charge >= 0.3 is 0 Å². The number of nitrogens with zero attached hydrogens (tertiary/aromatic N) is 1. The Kier molecular flexibility index (Phi) is 5.84. The molecule has 0 saturated carbocycles. The van der Waals surface area contributed by atoms with Crippen molar-refractivity contribution in [2.75, 3.05) is 31.1 Å². The molecule has 2 rings (SSSR count). The second-order valence-corrected chi connectivity index (χ2v) is 7.82. The molecule has 2 atom stereocenters. The third-order valence-electron chi connectivity index (χ3n) is 4.37. The summed E-state index contributed by atoms with van der Waals surface area (Å²) in [6.45, 7) is 10.8. The fraction of sp³-hybridized carbons (Fsp3) is 1.00. The van der Waals surface area contributed by atoms with Gasteiger partial charge in [-0.1, -0.05) is 13.8 Å². The largest absolute Gasteiger partial charge is 0.311 e. The first kappa shape index (κ1) is 14.7. The van der Waals surface area contributed by atoms with E-state index in [0.717, 1.165) is 23.9 Å². The van der Waals surface area contributed by atoms with E-state index in [9.17, 15) is 0 Å². The van der Waals surface area contributed by atoms with Crippen LogP contribution >= 0.6 is 11.8 Å². The number of thioether (sulfide) groups is 1. The van der Waals surface area contributed by atoms with Crippen molar-refractivity contribution in [2.45, 2.75) is 52.1 Å². The summed E-state index contributed by atoms with van der Waals surface area (Å²) in [6.07, 6.45) is 4.20. The van der Waals surface area contributed by atoms with Gasteiger partial charge in [0.2, 0.25) is 0 Å². The van der Waals surface area contributed by atoms with Gasteiger partial charge in [0, 0.05) is 31.7 Å². The summed E-state index contributed by atoms with van der Waals surface area (Å²) in [4.78, 5) is 2.75. The van der Waals surface area contributed by atoms with Crippen LogP contribution in [0.4, 0.5) is 0 Å². The molecule has 0 amide bonds. The molecule has 2 saturated heterocycles. The maximum absolute atomic E-state index is 3.72. The molecule has 0 aromatic rings. The number of hydrogen-bond donors (Lipinski definition) is 1. The van der Waals surface area contributed by atoms with E-state index in [0.29, 0.717) is 0 Å². The predicted molar refractivity (Wildman–Crippen MR) is 82.3 cm³/mol. The number of rotatable bonds is 4. The lowest BCUT2D eigenvalue weighted by Crippen LogP contribution is -2.56. The zero-order valence-corrected chi connectivity index (χ0v) is 13.1. The van der Waals surface area contributed by atoms with Crippen LogP contribution in [0, 0.1) is 11.8 Å². The van der Waals surface area contributed by atoms with Crippen LogP contribution in [0.15, 0.2) is 0 Å². The fourth-order valence-electron chi connectivity index (χ4n) is 3.24. The lowest BCUT2D eigenvalue weighted by atomic mass is 9.97. The lowest BCUT2D eigenvalue weighted by Gasteiger charge is -2.41. The normalized spacial score (nSPS) is 32.0. The summed E-state index contributed by atoms with van der Waals surface area (Å²) in [5, 5.41) is 3.72. The van der Waals surface area contributed by atoms with E-state index < -0.39 is 0 Å². The molecule has 2 aliphatic heterocycles. The topological polar surface area (TPSA) is 15.3 Å². The monoisotopic (exact) mass is 270 g/mol. The average Bonchev–Trinajstić information content (AvgIpc) is 2.34. The molecule has 0 aromatic heterocycles. The minimum absolute atomic E-state index is 0.721. The molecule has 2 nitrogen and oxygen atoms in total. The number of nitrogens with one attached hydrogen (secondary N) is 1. The molecule has 2 fully saturated rings. The van der Waals surface area contributed by atoms with Gasteiger partial charge in [0.25, 0.3) is 0 Å². The molecule has 2 aliphatic rings. The summed E-state index contributed by atoms with van der Waals surface area (Å²) >= 11 is 2.14. The first-order valence-electron chi connectivity index (χ1n) is 7.70. The maximum atomic E-state index is 3.72. The Morgan fingerprint density at radius 3 is 2.67 bits per heavy atom. The van der Waals surface area contributed by atoms with E-state index in [1.54, 1.807) is 0 Å². The van der Waals surface area contributed by atoms with Crippen LogP contribution in [0.2, 0.25) is 0 Å². The van der Waals surface area contributed by atoms with Crippen molar-refractivity contribution in [2.24, 2.45) is 11.8 Å². The first-order chi connectivity index (χ1) is 8.65. The summed E-state index contributed by atoms with van der Waals surface area (Å²) in [7, 11) is 0. The number of piperazine rings is 1. The molecule has 3 heteroatoms. The molecule has 0 spiro atoms. The Balaban J connectivity index is 1.80. The predicted octanol–water partition coefficient (Wildman–Crippen LogP) is 2.84. The van der Waals surface area contributed by atoms with Crippen LogP contribution in [-0.2, 0) is 0 Å². The smallest absolute Gasteiger partial charge is 0.0198 e. The summed E-state index contributed by atoms with van der Waals surface area (Å²) in [6, 6.07) is 1.45. The highest BCUT2D eigenvalue weighted by atomic mass is 32.2. The highest BCUT2D eigenvalue weighted by Gasteiger charge is 2.27. The highest BCUT2D eigenvalue weighted by molar-refractivity contribution is 7.99. The van der Waals surface area contributed by atoms with Crippen LogP contribution in [-0.4, -0.2) is 48.1 Å². The van der Waals surface area contributed by atoms with Gasteiger partial charge in [0.05, 0.1) is 0 Å². The molecule has 1 N–H and O–H groups in total. The molecule has 0 bridgehead atoms. The Morgan fingerprint density at radius 1 is 1.28 bits per heavy atom. The van der Waals surface area contributed by atoms with Gasteiger partial charge in [0.1, 0.15) is 0 Å². The van der Waals surface area contributed by atoms with Gasteiger partial charge in [-0.25, -0.2) is 0 Å².